The summed E-state index contributed by atoms with van der Waals surface area (Å²) >= 11 is 0. The predicted molar refractivity (Wildman–Crippen MR) is 108 cm³/mol. The zero-order chi connectivity index (χ0) is 20.7. The average Bonchev–Trinajstić information content (AvgIpc) is 3.45. The summed E-state index contributed by atoms with van der Waals surface area (Å²) in [6.45, 7) is 0.195. The third-order valence-corrected chi connectivity index (χ3v) is 5.55. The summed E-state index contributed by atoms with van der Waals surface area (Å²) in [7, 11) is 1.42. The number of rotatable bonds is 5. The molecule has 0 spiro atoms. The molecule has 2 aromatic carbocycles. The van der Waals surface area contributed by atoms with Gasteiger partial charge < -0.3 is 19.5 Å². The molecule has 30 heavy (non-hydrogen) atoms. The first kappa shape index (κ1) is 18.4. The van der Waals surface area contributed by atoms with E-state index in [2.05, 4.69) is 10.3 Å². The van der Waals surface area contributed by atoms with Gasteiger partial charge in [0, 0.05) is 5.56 Å². The largest absolute Gasteiger partial charge is 0.494 e. The number of methoxy groups -OCH3 is 1. The fraction of sp³-hybridized carbons (Fsp3) is 0.217. The van der Waals surface area contributed by atoms with Crippen LogP contribution in [0.25, 0.3) is 11.3 Å². The minimum Gasteiger partial charge on any atom is -0.494 e. The number of pyridine rings is 1. The van der Waals surface area contributed by atoms with Crippen molar-refractivity contribution in [2.75, 3.05) is 19.2 Å². The standard InChI is InChI=1S/C23H19FN2O4/c1-28-18-7-5-14(11-16(18)24)17-3-2-4-21(25-17)26-22(27)23(9-10-23)15-6-8-19-20(12-15)30-13-29-19/h2-8,11-12H,9-10,13H2,1H3,(H,25,26,27). The Morgan fingerprint density at radius 3 is 2.70 bits per heavy atom. The number of anilines is 1. The molecule has 2 aliphatic rings. The molecule has 2 heterocycles. The Bertz CT molecular complexity index is 1140. The zero-order valence-electron chi connectivity index (χ0n) is 16.3. The van der Waals surface area contributed by atoms with Crippen LogP contribution in [0.5, 0.6) is 17.2 Å². The third-order valence-electron chi connectivity index (χ3n) is 5.55. The number of amides is 1. The molecule has 1 fully saturated rings. The van der Waals surface area contributed by atoms with Crippen molar-refractivity contribution in [3.63, 3.8) is 0 Å². The first-order valence-electron chi connectivity index (χ1n) is 9.62. The average molecular weight is 406 g/mol. The van der Waals surface area contributed by atoms with E-state index in [1.165, 1.54) is 13.2 Å². The first-order valence-corrected chi connectivity index (χ1v) is 9.62. The molecule has 0 bridgehead atoms. The summed E-state index contributed by atoms with van der Waals surface area (Å²) in [5, 5.41) is 2.92. The van der Waals surface area contributed by atoms with Gasteiger partial charge in [-0.2, -0.15) is 0 Å². The van der Waals surface area contributed by atoms with Gasteiger partial charge in [0.05, 0.1) is 18.2 Å². The van der Waals surface area contributed by atoms with Gasteiger partial charge in [0.25, 0.3) is 0 Å². The van der Waals surface area contributed by atoms with Crippen LogP contribution >= 0.6 is 0 Å². The van der Waals surface area contributed by atoms with Gasteiger partial charge >= 0.3 is 0 Å². The van der Waals surface area contributed by atoms with Crippen LogP contribution in [0.3, 0.4) is 0 Å². The van der Waals surface area contributed by atoms with Crippen LogP contribution in [0.4, 0.5) is 10.2 Å². The first-order chi connectivity index (χ1) is 14.6. The van der Waals surface area contributed by atoms with Crippen LogP contribution in [0.15, 0.2) is 54.6 Å². The lowest BCUT2D eigenvalue weighted by Crippen LogP contribution is -2.28. The van der Waals surface area contributed by atoms with Gasteiger partial charge in [-0.15, -0.1) is 0 Å². The SMILES string of the molecule is COc1ccc(-c2cccc(NC(=O)C3(c4ccc5c(c4)OCO5)CC3)n2)cc1F. The number of carbonyl (C=O) groups is 1. The van der Waals surface area contributed by atoms with Crippen LogP contribution in [0, 0.1) is 5.82 Å². The highest BCUT2D eigenvalue weighted by Gasteiger charge is 2.51. The maximum atomic E-state index is 14.1. The summed E-state index contributed by atoms with van der Waals surface area (Å²) in [6.07, 6.45) is 1.50. The normalized spacial score (nSPS) is 15.5. The van der Waals surface area contributed by atoms with Crippen LogP contribution in [-0.4, -0.2) is 24.8 Å². The summed E-state index contributed by atoms with van der Waals surface area (Å²) in [4.78, 5) is 17.6. The third kappa shape index (κ3) is 3.12. The molecular weight excluding hydrogens is 387 g/mol. The van der Waals surface area contributed by atoms with Crippen molar-refractivity contribution in [2.45, 2.75) is 18.3 Å². The minimum atomic E-state index is -0.592. The summed E-state index contributed by atoms with van der Waals surface area (Å²) in [5.74, 6) is 1.35. The highest BCUT2D eigenvalue weighted by Crippen LogP contribution is 2.51. The van der Waals surface area contributed by atoms with E-state index in [-0.39, 0.29) is 18.4 Å². The Labute approximate surface area is 172 Å². The van der Waals surface area contributed by atoms with Crippen molar-refractivity contribution in [2.24, 2.45) is 0 Å². The molecule has 1 amide bonds. The fourth-order valence-electron chi connectivity index (χ4n) is 3.69. The molecule has 1 aromatic heterocycles. The fourth-order valence-corrected chi connectivity index (χ4v) is 3.69. The van der Waals surface area contributed by atoms with E-state index in [1.54, 1.807) is 30.3 Å². The number of aromatic nitrogens is 1. The van der Waals surface area contributed by atoms with Crippen molar-refractivity contribution < 1.29 is 23.4 Å². The van der Waals surface area contributed by atoms with E-state index in [4.69, 9.17) is 14.2 Å². The van der Waals surface area contributed by atoms with Crippen molar-refractivity contribution in [1.29, 1.82) is 0 Å². The smallest absolute Gasteiger partial charge is 0.236 e. The lowest BCUT2D eigenvalue weighted by Gasteiger charge is -2.16. The molecule has 3 aromatic rings. The summed E-state index contributed by atoms with van der Waals surface area (Å²) in [5.41, 5.74) is 1.46. The maximum Gasteiger partial charge on any atom is 0.236 e. The van der Waals surface area contributed by atoms with Gasteiger partial charge in [0.2, 0.25) is 12.7 Å². The Kier molecular flexibility index (Phi) is 4.31. The molecule has 1 saturated carbocycles. The topological polar surface area (TPSA) is 69.7 Å². The lowest BCUT2D eigenvalue weighted by molar-refractivity contribution is -0.118. The number of nitrogens with zero attached hydrogens (tertiary/aromatic N) is 1. The van der Waals surface area contributed by atoms with Gasteiger partial charge in [0.1, 0.15) is 5.82 Å². The van der Waals surface area contributed by atoms with E-state index in [0.717, 1.165) is 18.4 Å². The van der Waals surface area contributed by atoms with Crippen LogP contribution < -0.4 is 19.5 Å². The Morgan fingerprint density at radius 2 is 1.93 bits per heavy atom. The van der Waals surface area contributed by atoms with Gasteiger partial charge in [-0.25, -0.2) is 9.37 Å². The summed E-state index contributed by atoms with van der Waals surface area (Å²) in [6, 6.07) is 15.5. The van der Waals surface area contributed by atoms with E-state index < -0.39 is 11.2 Å². The van der Waals surface area contributed by atoms with Gasteiger partial charge in [-0.1, -0.05) is 12.1 Å². The number of ether oxygens (including phenoxy) is 3. The molecule has 6 nitrogen and oxygen atoms in total. The second-order valence-corrected chi connectivity index (χ2v) is 7.36. The molecular formula is C23H19FN2O4. The van der Waals surface area contributed by atoms with Crippen LogP contribution in [0.1, 0.15) is 18.4 Å². The van der Waals surface area contributed by atoms with E-state index >= 15 is 0 Å². The van der Waals surface area contributed by atoms with Crippen molar-refractivity contribution >= 4 is 11.7 Å². The molecule has 7 heteroatoms. The summed E-state index contributed by atoms with van der Waals surface area (Å²) < 4.78 is 29.8. The second-order valence-electron chi connectivity index (χ2n) is 7.36. The highest BCUT2D eigenvalue weighted by atomic mass is 19.1. The number of nitrogens with one attached hydrogen (secondary N) is 1. The zero-order valence-corrected chi connectivity index (χ0v) is 16.3. The Hall–Kier alpha value is -3.61. The van der Waals surface area contributed by atoms with Crippen LogP contribution in [0.2, 0.25) is 0 Å². The number of hydrogen-bond donors (Lipinski definition) is 1. The molecule has 0 saturated heterocycles. The van der Waals surface area contributed by atoms with Crippen molar-refractivity contribution in [3.8, 4) is 28.5 Å². The number of carbonyl (C=O) groups excluding carboxylic acids is 1. The Balaban J connectivity index is 1.38. The lowest BCUT2D eigenvalue weighted by atomic mass is 9.94. The van der Waals surface area contributed by atoms with Gasteiger partial charge in [-0.3, -0.25) is 4.79 Å². The monoisotopic (exact) mass is 406 g/mol. The molecule has 0 atom stereocenters. The van der Waals surface area contributed by atoms with E-state index in [9.17, 15) is 9.18 Å². The van der Waals surface area contributed by atoms with Gasteiger partial charge in [0.15, 0.2) is 23.1 Å². The second kappa shape index (κ2) is 7.02. The highest BCUT2D eigenvalue weighted by molar-refractivity contribution is 6.01. The van der Waals surface area contributed by atoms with Crippen molar-refractivity contribution in [3.05, 3.63) is 66.0 Å². The molecule has 0 unspecified atom stereocenters. The number of fused-ring (bicyclic) bond motifs is 1. The molecule has 0 radical (unpaired) electrons. The minimum absolute atomic E-state index is 0.119. The van der Waals surface area contributed by atoms with Gasteiger partial charge in [-0.05, 0) is 60.9 Å². The van der Waals surface area contributed by atoms with E-state index in [0.29, 0.717) is 28.6 Å². The maximum absolute atomic E-state index is 14.1. The quantitative estimate of drug-likeness (QED) is 0.684. The predicted octanol–water partition coefficient (Wildman–Crippen LogP) is 4.30. The molecule has 152 valence electrons. The molecule has 1 aliphatic carbocycles. The molecule has 1 aliphatic heterocycles. The molecule has 5 rings (SSSR count). The number of hydrogen-bond acceptors (Lipinski definition) is 5. The number of halogens is 1. The molecule has 1 N–H and O–H groups in total. The number of benzene rings is 2. The van der Waals surface area contributed by atoms with Crippen molar-refractivity contribution in [1.82, 2.24) is 4.98 Å². The Morgan fingerprint density at radius 1 is 1.10 bits per heavy atom. The van der Waals surface area contributed by atoms with Crippen LogP contribution in [-0.2, 0) is 10.2 Å². The van der Waals surface area contributed by atoms with E-state index in [1.807, 2.05) is 18.2 Å².